The topological polar surface area (TPSA) is 26.3 Å². The van der Waals surface area contributed by atoms with E-state index < -0.39 is 0 Å². The van der Waals surface area contributed by atoms with Crippen molar-refractivity contribution in [2.75, 3.05) is 11.9 Å². The molecule has 1 saturated carbocycles. The number of alkyl halides is 1. The average molecular weight is 281 g/mol. The molecule has 0 spiro atoms. The van der Waals surface area contributed by atoms with Gasteiger partial charge in [0, 0.05) is 17.9 Å². The van der Waals surface area contributed by atoms with Crippen LogP contribution in [0.5, 0.6) is 5.75 Å². The maximum atomic E-state index is 11.6. The van der Waals surface area contributed by atoms with Gasteiger partial charge < -0.3 is 4.74 Å². The number of carbonyl (C=O) groups is 1. The molecule has 0 amide bonds. The molecule has 1 aromatic rings. The number of Topliss-reactive ketones (excluding diaryl/α,β-unsaturated/α-hetero) is 1. The highest BCUT2D eigenvalue weighted by Gasteiger charge is 2.44. The summed E-state index contributed by atoms with van der Waals surface area (Å²) in [7, 11) is 0. The zero-order valence-electron chi connectivity index (χ0n) is 8.91. The van der Waals surface area contributed by atoms with Crippen molar-refractivity contribution < 1.29 is 9.53 Å². The minimum absolute atomic E-state index is 0.242. The quantitative estimate of drug-likeness (QED) is 0.796. The third kappa shape index (κ3) is 1.58. The molecule has 0 N–H and O–H groups in total. The largest absolute Gasteiger partial charge is 0.493 e. The number of hydrogen-bond acceptors (Lipinski definition) is 2. The van der Waals surface area contributed by atoms with Gasteiger partial charge in [0.2, 0.25) is 0 Å². The van der Waals surface area contributed by atoms with Gasteiger partial charge in [-0.2, -0.15) is 0 Å². The predicted octanol–water partition coefficient (Wildman–Crippen LogP) is 2.69. The van der Waals surface area contributed by atoms with Crippen LogP contribution >= 0.6 is 15.9 Å². The Balaban J connectivity index is 1.87. The minimum atomic E-state index is 0.242. The van der Waals surface area contributed by atoms with Crippen LogP contribution in [-0.4, -0.2) is 17.7 Å². The van der Waals surface area contributed by atoms with E-state index >= 15 is 0 Å². The lowest BCUT2D eigenvalue weighted by molar-refractivity contribution is -0.117. The highest BCUT2D eigenvalue weighted by Crippen LogP contribution is 2.51. The predicted molar refractivity (Wildman–Crippen MR) is 65.3 cm³/mol. The third-order valence-electron chi connectivity index (χ3n) is 3.51. The van der Waals surface area contributed by atoms with Gasteiger partial charge in [0.25, 0.3) is 0 Å². The van der Waals surface area contributed by atoms with Gasteiger partial charge >= 0.3 is 0 Å². The highest BCUT2D eigenvalue weighted by atomic mass is 79.9. The molecule has 1 aliphatic carbocycles. The third-order valence-corrected chi connectivity index (χ3v) is 4.07. The number of halogens is 1. The molecule has 1 aromatic carbocycles. The first-order valence-electron chi connectivity index (χ1n) is 5.64. The van der Waals surface area contributed by atoms with Crippen LogP contribution in [0.15, 0.2) is 18.2 Å². The van der Waals surface area contributed by atoms with Crippen LogP contribution in [0, 0.1) is 5.92 Å². The van der Waals surface area contributed by atoms with Crippen molar-refractivity contribution in [3.8, 4) is 5.75 Å². The smallest absolute Gasteiger partial charge is 0.147 e. The summed E-state index contributed by atoms with van der Waals surface area (Å²) in [6, 6.07) is 6.21. The summed E-state index contributed by atoms with van der Waals surface area (Å²) in [4.78, 5) is 11.6. The molecule has 0 saturated heterocycles. The molecule has 3 heteroatoms. The summed E-state index contributed by atoms with van der Waals surface area (Å²) in [5.74, 6) is 2.05. The molecule has 2 atom stereocenters. The summed E-state index contributed by atoms with van der Waals surface area (Å²) in [5.41, 5.74) is 2.67. The maximum absolute atomic E-state index is 11.6. The number of ether oxygens (including phenoxy) is 1. The van der Waals surface area contributed by atoms with Gasteiger partial charge in [-0.1, -0.05) is 28.1 Å². The zero-order valence-corrected chi connectivity index (χ0v) is 10.5. The Morgan fingerprint density at radius 1 is 1.50 bits per heavy atom. The van der Waals surface area contributed by atoms with Crippen LogP contribution in [0.2, 0.25) is 0 Å². The van der Waals surface area contributed by atoms with Crippen molar-refractivity contribution in [2.24, 2.45) is 5.92 Å². The van der Waals surface area contributed by atoms with E-state index in [2.05, 4.69) is 22.0 Å². The summed E-state index contributed by atoms with van der Waals surface area (Å²) in [6.45, 7) is 0.788. The second kappa shape index (κ2) is 3.88. The molecule has 2 nitrogen and oxygen atoms in total. The van der Waals surface area contributed by atoms with Crippen molar-refractivity contribution >= 4 is 21.7 Å². The maximum Gasteiger partial charge on any atom is 0.147 e. The van der Waals surface area contributed by atoms with Gasteiger partial charge in [0.15, 0.2) is 0 Å². The Morgan fingerprint density at radius 2 is 2.38 bits per heavy atom. The molecule has 2 unspecified atom stereocenters. The average Bonchev–Trinajstić information content (AvgIpc) is 2.96. The molecule has 84 valence electrons. The normalized spacial score (nSPS) is 26.1. The van der Waals surface area contributed by atoms with Crippen LogP contribution in [-0.2, 0) is 11.2 Å². The van der Waals surface area contributed by atoms with E-state index in [1.54, 1.807) is 0 Å². The van der Waals surface area contributed by atoms with E-state index in [0.717, 1.165) is 25.2 Å². The van der Waals surface area contributed by atoms with Gasteiger partial charge in [0.05, 0.1) is 11.9 Å². The fourth-order valence-electron chi connectivity index (χ4n) is 2.59. The number of fused-ring (bicyclic) bond motifs is 1. The molecule has 1 heterocycles. The molecule has 16 heavy (non-hydrogen) atoms. The Labute approximate surface area is 103 Å². The lowest BCUT2D eigenvalue weighted by Gasteiger charge is -2.05. The van der Waals surface area contributed by atoms with Crippen LogP contribution < -0.4 is 4.74 Å². The van der Waals surface area contributed by atoms with Crippen LogP contribution in [0.1, 0.15) is 23.5 Å². The standard InChI is InChI=1S/C13H13BrO2/c14-7-12(15)11-6-10(11)8-2-1-3-13-9(8)4-5-16-13/h1-3,10-11H,4-7H2. The first kappa shape index (κ1) is 10.3. The molecule has 2 aliphatic rings. The summed E-state index contributed by atoms with van der Waals surface area (Å²) < 4.78 is 5.54. The molecule has 0 bridgehead atoms. The highest BCUT2D eigenvalue weighted by molar-refractivity contribution is 9.09. The number of carbonyl (C=O) groups excluding carboxylic acids is 1. The minimum Gasteiger partial charge on any atom is -0.493 e. The van der Waals surface area contributed by atoms with Crippen molar-refractivity contribution in [1.29, 1.82) is 0 Å². The van der Waals surface area contributed by atoms with E-state index in [0.29, 0.717) is 17.0 Å². The van der Waals surface area contributed by atoms with Crippen molar-refractivity contribution in [3.05, 3.63) is 29.3 Å². The molecule has 0 radical (unpaired) electrons. The Morgan fingerprint density at radius 3 is 3.19 bits per heavy atom. The molecule has 1 fully saturated rings. The first-order valence-corrected chi connectivity index (χ1v) is 6.76. The zero-order chi connectivity index (χ0) is 11.1. The molecule has 0 aromatic heterocycles. The van der Waals surface area contributed by atoms with E-state index in [1.807, 2.05) is 12.1 Å². The van der Waals surface area contributed by atoms with Crippen molar-refractivity contribution in [1.82, 2.24) is 0 Å². The Kier molecular flexibility index (Phi) is 2.51. The number of benzene rings is 1. The number of rotatable bonds is 3. The second-order valence-electron chi connectivity index (χ2n) is 4.47. The van der Waals surface area contributed by atoms with Gasteiger partial charge in [-0.3, -0.25) is 4.79 Å². The van der Waals surface area contributed by atoms with E-state index in [-0.39, 0.29) is 5.92 Å². The lowest BCUT2D eigenvalue weighted by atomic mass is 9.99. The molecule has 3 rings (SSSR count). The Bertz CT molecular complexity index is 442. The Hall–Kier alpha value is -0.830. The summed E-state index contributed by atoms with van der Waals surface area (Å²) in [6.07, 6.45) is 2.01. The first-order chi connectivity index (χ1) is 7.81. The second-order valence-corrected chi connectivity index (χ2v) is 5.03. The van der Waals surface area contributed by atoms with Gasteiger partial charge in [-0.25, -0.2) is 0 Å². The van der Waals surface area contributed by atoms with Crippen LogP contribution in [0.25, 0.3) is 0 Å². The van der Waals surface area contributed by atoms with Gasteiger partial charge in [0.1, 0.15) is 11.5 Å². The van der Waals surface area contributed by atoms with Gasteiger partial charge in [-0.05, 0) is 24.0 Å². The van der Waals surface area contributed by atoms with E-state index in [9.17, 15) is 4.79 Å². The fraction of sp³-hybridized carbons (Fsp3) is 0.462. The molecular weight excluding hydrogens is 268 g/mol. The fourth-order valence-corrected chi connectivity index (χ4v) is 3.01. The summed E-state index contributed by atoms with van der Waals surface area (Å²) in [5, 5.41) is 0.486. The molecule has 1 aliphatic heterocycles. The van der Waals surface area contributed by atoms with E-state index in [4.69, 9.17) is 4.74 Å². The SMILES string of the molecule is O=C(CBr)C1CC1c1cccc2c1CCO2. The number of hydrogen-bond donors (Lipinski definition) is 0. The monoisotopic (exact) mass is 280 g/mol. The van der Waals surface area contributed by atoms with Crippen molar-refractivity contribution in [3.63, 3.8) is 0 Å². The van der Waals surface area contributed by atoms with Crippen LogP contribution in [0.4, 0.5) is 0 Å². The van der Waals surface area contributed by atoms with Crippen molar-refractivity contribution in [2.45, 2.75) is 18.8 Å². The number of ketones is 1. The lowest BCUT2D eigenvalue weighted by Crippen LogP contribution is -2.03. The van der Waals surface area contributed by atoms with E-state index in [1.165, 1.54) is 11.1 Å². The van der Waals surface area contributed by atoms with Gasteiger partial charge in [-0.15, -0.1) is 0 Å². The van der Waals surface area contributed by atoms with Crippen LogP contribution in [0.3, 0.4) is 0 Å². The summed E-state index contributed by atoms with van der Waals surface area (Å²) >= 11 is 3.24. The molecular formula is C13H13BrO2.